The van der Waals surface area contributed by atoms with Crippen LogP contribution in [0, 0.1) is 13.8 Å². The molecule has 0 aliphatic rings. The summed E-state index contributed by atoms with van der Waals surface area (Å²) in [6.07, 6.45) is 1.24. The highest BCUT2D eigenvalue weighted by molar-refractivity contribution is 5.92. The van der Waals surface area contributed by atoms with Crippen molar-refractivity contribution >= 4 is 22.4 Å². The van der Waals surface area contributed by atoms with Gasteiger partial charge in [0.15, 0.2) is 0 Å². The third-order valence-corrected chi connectivity index (χ3v) is 4.16. The van der Waals surface area contributed by atoms with Crippen LogP contribution in [0.25, 0.3) is 10.8 Å². The van der Waals surface area contributed by atoms with Crippen molar-refractivity contribution in [1.82, 2.24) is 0 Å². The van der Waals surface area contributed by atoms with E-state index in [1.807, 2.05) is 31.2 Å². The molecule has 1 amide bonds. The Morgan fingerprint density at radius 1 is 0.957 bits per heavy atom. The molecule has 0 aromatic heterocycles. The summed E-state index contributed by atoms with van der Waals surface area (Å²) in [7, 11) is 0. The summed E-state index contributed by atoms with van der Waals surface area (Å²) in [5, 5.41) is 5.47. The number of hydrogen-bond donors (Lipinski definition) is 1. The molecule has 0 radical (unpaired) electrons. The van der Waals surface area contributed by atoms with Crippen molar-refractivity contribution in [3.05, 3.63) is 77.4 Å². The van der Waals surface area contributed by atoms with Gasteiger partial charge in [0.2, 0.25) is 5.91 Å². The summed E-state index contributed by atoms with van der Waals surface area (Å²) in [5.74, 6) is 0.0601. The Morgan fingerprint density at radius 2 is 1.74 bits per heavy atom. The molecule has 1 N–H and O–H groups in total. The number of benzene rings is 3. The van der Waals surface area contributed by atoms with E-state index >= 15 is 0 Å². The van der Waals surface area contributed by atoms with Crippen molar-refractivity contribution in [2.75, 3.05) is 5.32 Å². The lowest BCUT2D eigenvalue weighted by molar-refractivity contribution is -0.116. The molecule has 0 heterocycles. The van der Waals surface area contributed by atoms with Crippen LogP contribution in [0.3, 0.4) is 0 Å². The Kier molecular flexibility index (Phi) is 4.42. The van der Waals surface area contributed by atoms with Gasteiger partial charge >= 0.3 is 0 Å². The normalized spacial score (nSPS) is 10.7. The summed E-state index contributed by atoms with van der Waals surface area (Å²) < 4.78 is 0. The maximum atomic E-state index is 12.2. The Labute approximate surface area is 137 Å². The fourth-order valence-electron chi connectivity index (χ4n) is 2.93. The van der Waals surface area contributed by atoms with Crippen molar-refractivity contribution < 1.29 is 4.79 Å². The minimum absolute atomic E-state index is 0.0601. The van der Waals surface area contributed by atoms with Crippen molar-refractivity contribution in [2.45, 2.75) is 26.7 Å². The number of nitrogens with one attached hydrogen (secondary N) is 1. The van der Waals surface area contributed by atoms with Gasteiger partial charge in [-0.05, 0) is 48.2 Å². The first kappa shape index (κ1) is 15.3. The third kappa shape index (κ3) is 3.59. The number of carbonyl (C=O) groups is 1. The van der Waals surface area contributed by atoms with E-state index in [2.05, 4.69) is 48.6 Å². The lowest BCUT2D eigenvalue weighted by Gasteiger charge is -2.10. The quantitative estimate of drug-likeness (QED) is 0.719. The topological polar surface area (TPSA) is 29.1 Å². The van der Waals surface area contributed by atoms with Gasteiger partial charge in [-0.25, -0.2) is 0 Å². The lowest BCUT2D eigenvalue weighted by Crippen LogP contribution is -2.13. The highest BCUT2D eigenvalue weighted by Gasteiger charge is 2.07. The van der Waals surface area contributed by atoms with Crippen LogP contribution in [0.15, 0.2) is 60.7 Å². The molecular formula is C21H21NO. The van der Waals surface area contributed by atoms with Crippen LogP contribution >= 0.6 is 0 Å². The molecule has 0 atom stereocenters. The lowest BCUT2D eigenvalue weighted by atomic mass is 10.0. The summed E-state index contributed by atoms with van der Waals surface area (Å²) in [4.78, 5) is 12.2. The molecule has 0 fully saturated rings. The van der Waals surface area contributed by atoms with Gasteiger partial charge in [-0.2, -0.15) is 0 Å². The molecule has 0 bridgehead atoms. The first-order chi connectivity index (χ1) is 11.1. The van der Waals surface area contributed by atoms with Crippen molar-refractivity contribution in [1.29, 1.82) is 0 Å². The van der Waals surface area contributed by atoms with Gasteiger partial charge in [0.1, 0.15) is 0 Å². The molecule has 2 heteroatoms. The van der Waals surface area contributed by atoms with E-state index in [9.17, 15) is 4.79 Å². The smallest absolute Gasteiger partial charge is 0.224 e. The van der Waals surface area contributed by atoms with Crippen molar-refractivity contribution in [2.24, 2.45) is 0 Å². The van der Waals surface area contributed by atoms with E-state index in [0.717, 1.165) is 17.7 Å². The molecule has 3 rings (SSSR count). The summed E-state index contributed by atoms with van der Waals surface area (Å²) in [5.41, 5.74) is 4.43. The minimum Gasteiger partial charge on any atom is -0.326 e. The Balaban J connectivity index is 1.69. The molecule has 3 aromatic rings. The maximum Gasteiger partial charge on any atom is 0.224 e. The van der Waals surface area contributed by atoms with Crippen LogP contribution in [0.4, 0.5) is 5.69 Å². The van der Waals surface area contributed by atoms with E-state index < -0.39 is 0 Å². The zero-order valence-corrected chi connectivity index (χ0v) is 13.6. The van der Waals surface area contributed by atoms with E-state index in [1.54, 1.807) is 0 Å². The second-order valence-corrected chi connectivity index (χ2v) is 6.00. The number of aryl methyl sites for hydroxylation is 3. The first-order valence-electron chi connectivity index (χ1n) is 7.97. The summed E-state index contributed by atoms with van der Waals surface area (Å²) in [6.45, 7) is 4.08. The SMILES string of the molecule is Cc1ccc(NC(=O)CCc2cccc3ccccc23)c(C)c1. The fraction of sp³-hybridized carbons (Fsp3) is 0.190. The number of anilines is 1. The Morgan fingerprint density at radius 3 is 2.57 bits per heavy atom. The number of rotatable bonds is 4. The highest BCUT2D eigenvalue weighted by atomic mass is 16.1. The first-order valence-corrected chi connectivity index (χ1v) is 7.97. The molecule has 0 aliphatic carbocycles. The largest absolute Gasteiger partial charge is 0.326 e. The van der Waals surface area contributed by atoms with Crippen LogP contribution in [0.2, 0.25) is 0 Å². The molecule has 0 saturated heterocycles. The van der Waals surface area contributed by atoms with Gasteiger partial charge in [0, 0.05) is 12.1 Å². The van der Waals surface area contributed by atoms with Gasteiger partial charge in [0.25, 0.3) is 0 Å². The standard InChI is InChI=1S/C21H21NO/c1-15-10-12-20(16(2)14-15)22-21(23)13-11-18-8-5-7-17-6-3-4-9-19(17)18/h3-10,12,14H,11,13H2,1-2H3,(H,22,23). The van der Waals surface area contributed by atoms with Crippen LogP contribution in [-0.4, -0.2) is 5.91 Å². The molecular weight excluding hydrogens is 282 g/mol. The second-order valence-electron chi connectivity index (χ2n) is 6.00. The average molecular weight is 303 g/mol. The molecule has 0 aliphatic heterocycles. The monoisotopic (exact) mass is 303 g/mol. The zero-order valence-electron chi connectivity index (χ0n) is 13.6. The number of hydrogen-bond acceptors (Lipinski definition) is 1. The van der Waals surface area contributed by atoms with Crippen LogP contribution in [-0.2, 0) is 11.2 Å². The van der Waals surface area contributed by atoms with Crippen LogP contribution in [0.5, 0.6) is 0 Å². The van der Waals surface area contributed by atoms with E-state index in [-0.39, 0.29) is 5.91 Å². The summed E-state index contributed by atoms with van der Waals surface area (Å²) >= 11 is 0. The van der Waals surface area contributed by atoms with Crippen LogP contribution in [0.1, 0.15) is 23.1 Å². The Bertz CT molecular complexity index is 846. The van der Waals surface area contributed by atoms with E-state index in [4.69, 9.17) is 0 Å². The fourth-order valence-corrected chi connectivity index (χ4v) is 2.93. The number of amides is 1. The van der Waals surface area contributed by atoms with Gasteiger partial charge < -0.3 is 5.32 Å². The third-order valence-electron chi connectivity index (χ3n) is 4.16. The molecule has 3 aromatic carbocycles. The predicted molar refractivity (Wildman–Crippen MR) is 96.8 cm³/mol. The van der Waals surface area contributed by atoms with Gasteiger partial charge in [-0.1, -0.05) is 60.2 Å². The van der Waals surface area contributed by atoms with Crippen LogP contribution < -0.4 is 5.32 Å². The number of carbonyl (C=O) groups excluding carboxylic acids is 1. The van der Waals surface area contributed by atoms with Gasteiger partial charge in [-0.3, -0.25) is 4.79 Å². The zero-order chi connectivity index (χ0) is 16.2. The predicted octanol–water partition coefficient (Wildman–Crippen LogP) is 5.03. The Hall–Kier alpha value is -2.61. The molecule has 0 unspecified atom stereocenters. The molecule has 0 spiro atoms. The van der Waals surface area contributed by atoms with Gasteiger partial charge in [0.05, 0.1) is 0 Å². The highest BCUT2D eigenvalue weighted by Crippen LogP contribution is 2.20. The molecule has 2 nitrogen and oxygen atoms in total. The maximum absolute atomic E-state index is 12.2. The number of fused-ring (bicyclic) bond motifs is 1. The van der Waals surface area contributed by atoms with E-state index in [1.165, 1.54) is 21.9 Å². The van der Waals surface area contributed by atoms with Gasteiger partial charge in [-0.15, -0.1) is 0 Å². The molecule has 23 heavy (non-hydrogen) atoms. The van der Waals surface area contributed by atoms with Crippen molar-refractivity contribution in [3.63, 3.8) is 0 Å². The van der Waals surface area contributed by atoms with E-state index in [0.29, 0.717) is 6.42 Å². The second kappa shape index (κ2) is 6.66. The summed E-state index contributed by atoms with van der Waals surface area (Å²) in [6, 6.07) is 20.6. The molecule has 116 valence electrons. The average Bonchev–Trinajstić information content (AvgIpc) is 2.55. The van der Waals surface area contributed by atoms with Crippen molar-refractivity contribution in [3.8, 4) is 0 Å². The molecule has 0 saturated carbocycles. The minimum atomic E-state index is 0.0601.